The maximum Gasteiger partial charge on any atom is 0.166 e. The van der Waals surface area contributed by atoms with E-state index in [9.17, 15) is 4.39 Å². The van der Waals surface area contributed by atoms with Gasteiger partial charge in [-0.3, -0.25) is 0 Å². The average Bonchev–Trinajstić information content (AvgIpc) is 2.12. The van der Waals surface area contributed by atoms with E-state index in [0.717, 1.165) is 18.9 Å². The van der Waals surface area contributed by atoms with Gasteiger partial charge in [0.1, 0.15) is 0 Å². The second-order valence-electron chi connectivity index (χ2n) is 4.00. The van der Waals surface area contributed by atoms with E-state index >= 15 is 0 Å². The molecule has 1 aliphatic carbocycles. The summed E-state index contributed by atoms with van der Waals surface area (Å²) in [6.07, 6.45) is 6.75. The van der Waals surface area contributed by atoms with Crippen LogP contribution in [0.5, 0.6) is 0 Å². The third-order valence-electron chi connectivity index (χ3n) is 2.88. The zero-order chi connectivity index (χ0) is 10.7. The monoisotopic (exact) mass is 272 g/mol. The molecule has 0 unspecified atom stereocenters. The first kappa shape index (κ1) is 10.9. The van der Waals surface area contributed by atoms with Crippen molar-refractivity contribution >= 4 is 21.7 Å². The number of aromatic nitrogens is 1. The molecule has 0 amide bonds. The van der Waals surface area contributed by atoms with Gasteiger partial charge in [-0.1, -0.05) is 19.3 Å². The van der Waals surface area contributed by atoms with Crippen LogP contribution in [-0.2, 0) is 0 Å². The van der Waals surface area contributed by atoms with E-state index < -0.39 is 0 Å². The maximum atomic E-state index is 13.3. The molecule has 0 saturated heterocycles. The van der Waals surface area contributed by atoms with Gasteiger partial charge in [0, 0.05) is 17.2 Å². The van der Waals surface area contributed by atoms with Crippen molar-refractivity contribution in [3.8, 4) is 0 Å². The minimum Gasteiger partial charge on any atom is -0.368 e. The molecule has 82 valence electrons. The zero-order valence-electron chi connectivity index (χ0n) is 8.47. The number of nitrogens with one attached hydrogen (secondary N) is 1. The molecule has 1 aliphatic rings. The van der Waals surface area contributed by atoms with Gasteiger partial charge in [-0.25, -0.2) is 9.37 Å². The lowest BCUT2D eigenvalue weighted by molar-refractivity contribution is 0.302. The summed E-state index contributed by atoms with van der Waals surface area (Å²) in [6, 6.07) is 1.43. The first-order valence-corrected chi connectivity index (χ1v) is 6.10. The Bertz CT molecular complexity index is 339. The molecule has 0 radical (unpaired) electrons. The second-order valence-corrected chi connectivity index (χ2v) is 4.91. The lowest BCUT2D eigenvalue weighted by Gasteiger charge is -2.25. The van der Waals surface area contributed by atoms with Gasteiger partial charge in [0.05, 0.1) is 0 Å². The van der Waals surface area contributed by atoms with E-state index in [2.05, 4.69) is 26.2 Å². The van der Waals surface area contributed by atoms with Crippen molar-refractivity contribution in [2.75, 3.05) is 11.9 Å². The highest BCUT2D eigenvalue weighted by atomic mass is 79.9. The lowest BCUT2D eigenvalue weighted by Crippen LogP contribution is -2.16. The Morgan fingerprint density at radius 2 is 2.33 bits per heavy atom. The molecule has 1 heterocycles. The molecule has 0 aromatic carbocycles. The molecule has 2 rings (SSSR count). The van der Waals surface area contributed by atoms with Gasteiger partial charge in [0.25, 0.3) is 0 Å². The van der Waals surface area contributed by atoms with Gasteiger partial charge >= 0.3 is 0 Å². The number of nitrogens with zero attached hydrogens (tertiary/aromatic N) is 1. The van der Waals surface area contributed by atoms with Crippen molar-refractivity contribution in [1.29, 1.82) is 0 Å². The summed E-state index contributed by atoms with van der Waals surface area (Å²) >= 11 is 3.18. The van der Waals surface area contributed by atoms with Crippen LogP contribution in [0.1, 0.15) is 25.7 Å². The molecule has 1 N–H and O–H groups in total. The molecule has 1 saturated carbocycles. The van der Waals surface area contributed by atoms with Gasteiger partial charge in [0.15, 0.2) is 11.6 Å². The van der Waals surface area contributed by atoms with Crippen molar-refractivity contribution in [1.82, 2.24) is 4.98 Å². The molecule has 4 heteroatoms. The Balaban J connectivity index is 1.81. The van der Waals surface area contributed by atoms with Crippen LogP contribution >= 0.6 is 15.9 Å². The van der Waals surface area contributed by atoms with Crippen LogP contribution in [0.3, 0.4) is 0 Å². The van der Waals surface area contributed by atoms with E-state index in [4.69, 9.17) is 0 Å². The smallest absolute Gasteiger partial charge is 0.166 e. The van der Waals surface area contributed by atoms with Crippen LogP contribution in [0, 0.1) is 11.7 Å². The quantitative estimate of drug-likeness (QED) is 0.906. The van der Waals surface area contributed by atoms with Crippen LogP contribution in [0.15, 0.2) is 16.7 Å². The molecule has 1 fully saturated rings. The van der Waals surface area contributed by atoms with Gasteiger partial charge in [-0.15, -0.1) is 0 Å². The van der Waals surface area contributed by atoms with Crippen LogP contribution in [0.25, 0.3) is 0 Å². The number of anilines is 1. The summed E-state index contributed by atoms with van der Waals surface area (Å²) in [5.74, 6) is 0.909. The van der Waals surface area contributed by atoms with E-state index in [0.29, 0.717) is 10.3 Å². The van der Waals surface area contributed by atoms with Crippen LogP contribution in [-0.4, -0.2) is 11.5 Å². The fraction of sp³-hybridized carbons (Fsp3) is 0.545. The molecular weight excluding hydrogens is 259 g/mol. The summed E-state index contributed by atoms with van der Waals surface area (Å²) in [5, 5.41) is 3.03. The zero-order valence-corrected chi connectivity index (χ0v) is 10.1. The molecule has 0 aliphatic heterocycles. The van der Waals surface area contributed by atoms with E-state index in [1.165, 1.54) is 25.3 Å². The van der Waals surface area contributed by atoms with Crippen molar-refractivity contribution < 1.29 is 4.39 Å². The molecule has 1 aromatic rings. The predicted molar refractivity (Wildman–Crippen MR) is 62.3 cm³/mol. The number of halogens is 2. The summed E-state index contributed by atoms with van der Waals surface area (Å²) in [7, 11) is 0. The number of hydrogen-bond acceptors (Lipinski definition) is 2. The first-order valence-electron chi connectivity index (χ1n) is 5.30. The maximum absolute atomic E-state index is 13.3. The van der Waals surface area contributed by atoms with E-state index in [1.54, 1.807) is 6.20 Å². The van der Waals surface area contributed by atoms with Gasteiger partial charge in [-0.2, -0.15) is 0 Å². The number of hydrogen-bond donors (Lipinski definition) is 1. The third-order valence-corrected chi connectivity index (χ3v) is 3.31. The second kappa shape index (κ2) is 4.92. The van der Waals surface area contributed by atoms with Crippen LogP contribution in [0.2, 0.25) is 0 Å². The third kappa shape index (κ3) is 2.91. The molecule has 15 heavy (non-hydrogen) atoms. The highest BCUT2D eigenvalue weighted by molar-refractivity contribution is 9.10. The van der Waals surface area contributed by atoms with Crippen molar-refractivity contribution in [3.63, 3.8) is 0 Å². The van der Waals surface area contributed by atoms with Gasteiger partial charge < -0.3 is 5.32 Å². The normalized spacial score (nSPS) is 16.1. The summed E-state index contributed by atoms with van der Waals surface area (Å²) in [4.78, 5) is 3.99. The highest BCUT2D eigenvalue weighted by Crippen LogP contribution is 2.29. The van der Waals surface area contributed by atoms with Crippen molar-refractivity contribution in [2.45, 2.75) is 25.7 Å². The van der Waals surface area contributed by atoms with Crippen molar-refractivity contribution in [3.05, 3.63) is 22.6 Å². The van der Waals surface area contributed by atoms with Crippen molar-refractivity contribution in [2.24, 2.45) is 5.92 Å². The first-order chi connectivity index (χ1) is 7.25. The number of rotatable bonds is 4. The Hall–Kier alpha value is -0.640. The van der Waals surface area contributed by atoms with Crippen LogP contribution in [0.4, 0.5) is 10.2 Å². The predicted octanol–water partition coefficient (Wildman–Crippen LogP) is 3.59. The standard InChI is InChI=1S/C11H14BrFN2/c12-9-6-10(13)11(15-7-9)14-5-4-8-2-1-3-8/h6-8H,1-5H2,(H,14,15). The van der Waals surface area contributed by atoms with Gasteiger partial charge in [-0.05, 0) is 34.3 Å². The lowest BCUT2D eigenvalue weighted by atomic mass is 9.83. The summed E-state index contributed by atoms with van der Waals surface area (Å²) in [6.45, 7) is 0.816. The van der Waals surface area contributed by atoms with E-state index in [-0.39, 0.29) is 5.82 Å². The minimum absolute atomic E-state index is 0.294. The largest absolute Gasteiger partial charge is 0.368 e. The molecule has 0 spiro atoms. The molecule has 1 aromatic heterocycles. The Morgan fingerprint density at radius 3 is 2.93 bits per heavy atom. The van der Waals surface area contributed by atoms with Gasteiger partial charge in [0.2, 0.25) is 0 Å². The Labute approximate surface area is 97.4 Å². The molecule has 0 atom stereocenters. The molecule has 2 nitrogen and oxygen atoms in total. The fourth-order valence-electron chi connectivity index (χ4n) is 1.72. The Kier molecular flexibility index (Phi) is 3.57. The topological polar surface area (TPSA) is 24.9 Å². The summed E-state index contributed by atoms with van der Waals surface area (Å²) in [5.41, 5.74) is 0. The van der Waals surface area contributed by atoms with Crippen LogP contribution < -0.4 is 5.32 Å². The molecular formula is C11H14BrFN2. The highest BCUT2D eigenvalue weighted by Gasteiger charge is 2.16. The summed E-state index contributed by atoms with van der Waals surface area (Å²) < 4.78 is 14.0. The fourth-order valence-corrected chi connectivity index (χ4v) is 2.02. The SMILES string of the molecule is Fc1cc(Br)cnc1NCCC1CCC1. The molecule has 0 bridgehead atoms. The minimum atomic E-state index is -0.294. The average molecular weight is 273 g/mol. The van der Waals surface area contributed by atoms with E-state index in [1.807, 2.05) is 0 Å². The Morgan fingerprint density at radius 1 is 1.53 bits per heavy atom. The number of pyridine rings is 1.